The van der Waals surface area contributed by atoms with E-state index in [2.05, 4.69) is 35.8 Å². The molecule has 1 fully saturated rings. The van der Waals surface area contributed by atoms with Gasteiger partial charge in [-0.3, -0.25) is 9.80 Å². The molecule has 0 saturated carbocycles. The van der Waals surface area contributed by atoms with Gasteiger partial charge >= 0.3 is 0 Å². The third kappa shape index (κ3) is 4.60. The molecule has 1 aliphatic heterocycles. The van der Waals surface area contributed by atoms with Crippen LogP contribution in [0.1, 0.15) is 12.8 Å². The highest BCUT2D eigenvalue weighted by Crippen LogP contribution is 2.03. The van der Waals surface area contributed by atoms with E-state index in [1.54, 1.807) is 0 Å². The molecule has 1 aliphatic rings. The molecule has 3 nitrogen and oxygen atoms in total. The van der Waals surface area contributed by atoms with Gasteiger partial charge in [0.1, 0.15) is 0 Å². The molecule has 0 aromatic rings. The maximum atomic E-state index is 2.55. The van der Waals surface area contributed by atoms with E-state index in [4.69, 9.17) is 0 Å². The number of nitrogens with zero attached hydrogens (tertiary/aromatic N) is 3. The van der Waals surface area contributed by atoms with Crippen LogP contribution in [0.2, 0.25) is 0 Å². The second-order valence-corrected chi connectivity index (χ2v) is 4.35. The quantitative estimate of drug-likeness (QED) is 0.633. The zero-order chi connectivity index (χ0) is 9.68. The fourth-order valence-corrected chi connectivity index (χ4v) is 1.84. The van der Waals surface area contributed by atoms with E-state index in [0.29, 0.717) is 0 Å². The molecule has 0 N–H and O–H groups in total. The number of rotatable bonds is 4. The Morgan fingerprint density at radius 1 is 1.23 bits per heavy atom. The summed E-state index contributed by atoms with van der Waals surface area (Å²) in [5.74, 6) is 0. The van der Waals surface area contributed by atoms with Gasteiger partial charge in [-0.1, -0.05) is 0 Å². The van der Waals surface area contributed by atoms with Gasteiger partial charge in [-0.05, 0) is 40.5 Å². The van der Waals surface area contributed by atoms with Crippen molar-refractivity contribution in [1.29, 1.82) is 0 Å². The van der Waals surface area contributed by atoms with Crippen LogP contribution in [-0.4, -0.2) is 68.7 Å². The molecule has 0 aliphatic carbocycles. The normalized spacial score (nSPS) is 21.2. The van der Waals surface area contributed by atoms with Crippen LogP contribution in [0.3, 0.4) is 0 Å². The maximum Gasteiger partial charge on any atom is 0.0503 e. The van der Waals surface area contributed by atoms with E-state index in [1.165, 1.54) is 39.0 Å². The summed E-state index contributed by atoms with van der Waals surface area (Å²) in [6, 6.07) is 0. The summed E-state index contributed by atoms with van der Waals surface area (Å²) in [6.07, 6.45) is 2.62. The maximum absolute atomic E-state index is 2.55. The van der Waals surface area contributed by atoms with Gasteiger partial charge in [-0.25, -0.2) is 0 Å². The zero-order valence-corrected chi connectivity index (χ0v) is 9.29. The lowest BCUT2D eigenvalue weighted by molar-refractivity contribution is 0.104. The third-order valence-electron chi connectivity index (χ3n) is 2.54. The molecule has 1 rings (SSSR count). The van der Waals surface area contributed by atoms with Crippen molar-refractivity contribution < 1.29 is 0 Å². The highest BCUT2D eigenvalue weighted by Gasteiger charge is 2.12. The average molecular weight is 185 g/mol. The average Bonchev–Trinajstić information content (AvgIpc) is 2.03. The molecule has 0 bridgehead atoms. The highest BCUT2D eigenvalue weighted by molar-refractivity contribution is 4.65. The summed E-state index contributed by atoms with van der Waals surface area (Å²) in [5, 5.41) is 0. The molecule has 0 aromatic carbocycles. The molecule has 1 saturated heterocycles. The first-order valence-electron chi connectivity index (χ1n) is 5.24. The summed E-state index contributed by atoms with van der Waals surface area (Å²) in [6.45, 7) is 6.18. The van der Waals surface area contributed by atoms with Crippen molar-refractivity contribution in [2.24, 2.45) is 0 Å². The second kappa shape index (κ2) is 5.58. The molecular formula is C10H23N3. The van der Waals surface area contributed by atoms with Crippen LogP contribution in [0.5, 0.6) is 0 Å². The van der Waals surface area contributed by atoms with Gasteiger partial charge in [0, 0.05) is 19.6 Å². The first kappa shape index (κ1) is 11.0. The summed E-state index contributed by atoms with van der Waals surface area (Å²) in [7, 11) is 6.49. The van der Waals surface area contributed by atoms with Gasteiger partial charge in [-0.15, -0.1) is 0 Å². The van der Waals surface area contributed by atoms with Crippen LogP contribution in [0, 0.1) is 0 Å². The van der Waals surface area contributed by atoms with E-state index in [0.717, 1.165) is 6.67 Å². The van der Waals surface area contributed by atoms with Gasteiger partial charge in [-0.2, -0.15) is 0 Å². The Balaban J connectivity index is 2.06. The fourth-order valence-electron chi connectivity index (χ4n) is 1.84. The van der Waals surface area contributed by atoms with Crippen molar-refractivity contribution in [1.82, 2.24) is 14.7 Å². The predicted molar refractivity (Wildman–Crippen MR) is 56.9 cm³/mol. The molecular weight excluding hydrogens is 162 g/mol. The Kier molecular flexibility index (Phi) is 4.70. The largest absolute Gasteiger partial charge is 0.309 e. The van der Waals surface area contributed by atoms with Crippen LogP contribution in [0.15, 0.2) is 0 Å². The lowest BCUT2D eigenvalue weighted by Crippen LogP contribution is -2.43. The molecule has 1 heterocycles. The summed E-state index contributed by atoms with van der Waals surface area (Å²) in [5.41, 5.74) is 0. The first-order chi connectivity index (χ1) is 6.18. The number of hydrogen-bond donors (Lipinski definition) is 0. The van der Waals surface area contributed by atoms with Crippen LogP contribution in [0.25, 0.3) is 0 Å². The summed E-state index contributed by atoms with van der Waals surface area (Å²) in [4.78, 5) is 7.21. The van der Waals surface area contributed by atoms with Crippen LogP contribution < -0.4 is 0 Å². The molecule has 0 atom stereocenters. The fraction of sp³-hybridized carbons (Fsp3) is 1.00. The Morgan fingerprint density at radius 3 is 2.62 bits per heavy atom. The molecule has 78 valence electrons. The van der Waals surface area contributed by atoms with Crippen LogP contribution >= 0.6 is 0 Å². The van der Waals surface area contributed by atoms with Crippen molar-refractivity contribution in [2.45, 2.75) is 12.8 Å². The van der Waals surface area contributed by atoms with E-state index in [1.807, 2.05) is 0 Å². The minimum Gasteiger partial charge on any atom is -0.309 e. The summed E-state index contributed by atoms with van der Waals surface area (Å²) < 4.78 is 0. The smallest absolute Gasteiger partial charge is 0.0503 e. The Bertz CT molecular complexity index is 136. The van der Waals surface area contributed by atoms with Gasteiger partial charge < -0.3 is 4.90 Å². The van der Waals surface area contributed by atoms with Gasteiger partial charge in [0.25, 0.3) is 0 Å². The van der Waals surface area contributed by atoms with Crippen LogP contribution in [0.4, 0.5) is 0 Å². The SMILES string of the molecule is CN(C)CCCN1CCCN(C)C1. The molecule has 0 amide bonds. The minimum absolute atomic E-state index is 1.16. The first-order valence-corrected chi connectivity index (χ1v) is 5.24. The molecule has 0 spiro atoms. The monoisotopic (exact) mass is 185 g/mol. The molecule has 13 heavy (non-hydrogen) atoms. The molecule has 0 unspecified atom stereocenters. The Hall–Kier alpha value is -0.120. The molecule has 0 radical (unpaired) electrons. The third-order valence-corrected chi connectivity index (χ3v) is 2.54. The van der Waals surface area contributed by atoms with Crippen molar-refractivity contribution in [2.75, 3.05) is 54.0 Å². The summed E-state index contributed by atoms with van der Waals surface area (Å²) >= 11 is 0. The van der Waals surface area contributed by atoms with Crippen molar-refractivity contribution in [3.8, 4) is 0 Å². The standard InChI is InChI=1S/C10H23N3/c1-11(2)6-4-8-13-9-5-7-12(3)10-13/h4-10H2,1-3H3. The minimum atomic E-state index is 1.16. The molecule has 0 aromatic heterocycles. The van der Waals surface area contributed by atoms with E-state index in [9.17, 15) is 0 Å². The topological polar surface area (TPSA) is 9.72 Å². The highest BCUT2D eigenvalue weighted by atomic mass is 15.3. The Labute approximate surface area is 82.3 Å². The van der Waals surface area contributed by atoms with Crippen molar-refractivity contribution in [3.05, 3.63) is 0 Å². The van der Waals surface area contributed by atoms with E-state index >= 15 is 0 Å². The second-order valence-electron chi connectivity index (χ2n) is 4.35. The lowest BCUT2D eigenvalue weighted by Gasteiger charge is -2.33. The number of hydrogen-bond acceptors (Lipinski definition) is 3. The van der Waals surface area contributed by atoms with E-state index in [-0.39, 0.29) is 0 Å². The van der Waals surface area contributed by atoms with Crippen LogP contribution in [-0.2, 0) is 0 Å². The van der Waals surface area contributed by atoms with Gasteiger partial charge in [0.05, 0.1) is 6.67 Å². The predicted octanol–water partition coefficient (Wildman–Crippen LogP) is 0.533. The van der Waals surface area contributed by atoms with E-state index < -0.39 is 0 Å². The lowest BCUT2D eigenvalue weighted by atomic mass is 10.3. The molecule has 3 heteroatoms. The van der Waals surface area contributed by atoms with Crippen molar-refractivity contribution in [3.63, 3.8) is 0 Å². The Morgan fingerprint density at radius 2 is 2.00 bits per heavy atom. The van der Waals surface area contributed by atoms with Gasteiger partial charge in [0.2, 0.25) is 0 Å². The van der Waals surface area contributed by atoms with Gasteiger partial charge in [0.15, 0.2) is 0 Å². The van der Waals surface area contributed by atoms with Crippen molar-refractivity contribution >= 4 is 0 Å². The zero-order valence-electron chi connectivity index (χ0n) is 9.29.